The zero-order chi connectivity index (χ0) is 20.6. The maximum absolute atomic E-state index is 12.5. The first-order valence-corrected chi connectivity index (χ1v) is 9.69. The minimum absolute atomic E-state index is 0.0207. The zero-order valence-electron chi connectivity index (χ0n) is 16.7. The monoisotopic (exact) mass is 387 g/mol. The number of rotatable bonds is 7. The fraction of sp³-hybridized carbons (Fsp3) is 0.200. The number of hydrogen-bond acceptors (Lipinski definition) is 3. The van der Waals surface area contributed by atoms with Crippen LogP contribution in [0.3, 0.4) is 0 Å². The number of hydrogen-bond donors (Lipinski definition) is 1. The topological polar surface area (TPSA) is 55.4 Å². The highest BCUT2D eigenvalue weighted by molar-refractivity contribution is 5.93. The summed E-state index contributed by atoms with van der Waals surface area (Å²) in [5, 5.41) is 2.86. The second-order valence-corrected chi connectivity index (χ2v) is 7.06. The molecule has 0 aliphatic rings. The summed E-state index contributed by atoms with van der Waals surface area (Å²) in [4.78, 5) is 24.7. The summed E-state index contributed by atoms with van der Waals surface area (Å²) >= 11 is 0. The summed E-state index contributed by atoms with van der Waals surface area (Å²) in [5.41, 5.74) is 4.69. The van der Waals surface area contributed by atoms with Crippen LogP contribution < -0.4 is 5.32 Å². The first-order valence-electron chi connectivity index (χ1n) is 9.69. The number of nitrogens with one attached hydrogen (secondary N) is 1. The third kappa shape index (κ3) is 5.79. The van der Waals surface area contributed by atoms with E-state index in [9.17, 15) is 9.59 Å². The number of esters is 1. The predicted molar refractivity (Wildman–Crippen MR) is 115 cm³/mol. The average molecular weight is 387 g/mol. The smallest absolute Gasteiger partial charge is 0.307 e. The molecule has 0 spiro atoms. The minimum Gasteiger partial charge on any atom is -0.453 e. The van der Waals surface area contributed by atoms with E-state index in [1.807, 2.05) is 92.7 Å². The van der Waals surface area contributed by atoms with Crippen LogP contribution in [0.1, 0.15) is 41.2 Å². The van der Waals surface area contributed by atoms with Crippen molar-refractivity contribution >= 4 is 17.6 Å². The van der Waals surface area contributed by atoms with Gasteiger partial charge in [-0.05, 0) is 36.6 Å². The Kier molecular flexibility index (Phi) is 6.80. The van der Waals surface area contributed by atoms with Crippen molar-refractivity contribution < 1.29 is 14.3 Å². The normalized spacial score (nSPS) is 10.6. The summed E-state index contributed by atoms with van der Waals surface area (Å²) in [7, 11) is 0. The number of aryl methyl sites for hydroxylation is 2. The predicted octanol–water partition coefficient (Wildman–Crippen LogP) is 5.35. The Bertz CT molecular complexity index is 928. The SMILES string of the molecule is Cc1ccc(NC(=O)CCC(=O)OC(c2ccccc2)c2ccccc2)c(C)c1. The number of ether oxygens (including phenoxy) is 1. The molecule has 0 aliphatic carbocycles. The van der Waals surface area contributed by atoms with E-state index in [0.717, 1.165) is 27.9 Å². The maximum atomic E-state index is 12.5. The van der Waals surface area contributed by atoms with Gasteiger partial charge in [-0.2, -0.15) is 0 Å². The van der Waals surface area contributed by atoms with Gasteiger partial charge < -0.3 is 10.1 Å². The molecule has 0 saturated heterocycles. The van der Waals surface area contributed by atoms with E-state index in [1.165, 1.54) is 0 Å². The summed E-state index contributed by atoms with van der Waals surface area (Å²) in [6.45, 7) is 3.95. The molecule has 0 aromatic heterocycles. The van der Waals surface area contributed by atoms with Crippen molar-refractivity contribution in [2.75, 3.05) is 5.32 Å². The zero-order valence-corrected chi connectivity index (χ0v) is 16.7. The van der Waals surface area contributed by atoms with Gasteiger partial charge >= 0.3 is 5.97 Å². The van der Waals surface area contributed by atoms with Crippen LogP contribution in [0.4, 0.5) is 5.69 Å². The number of carbonyl (C=O) groups is 2. The van der Waals surface area contributed by atoms with Gasteiger partial charge in [-0.15, -0.1) is 0 Å². The summed E-state index contributed by atoms with van der Waals surface area (Å²) in [5.74, 6) is -0.608. The molecule has 0 atom stereocenters. The largest absolute Gasteiger partial charge is 0.453 e. The average Bonchev–Trinajstić information content (AvgIpc) is 2.74. The molecular weight excluding hydrogens is 362 g/mol. The van der Waals surface area contributed by atoms with E-state index in [4.69, 9.17) is 4.74 Å². The van der Waals surface area contributed by atoms with E-state index in [2.05, 4.69) is 5.32 Å². The van der Waals surface area contributed by atoms with Crippen LogP contribution in [-0.2, 0) is 14.3 Å². The van der Waals surface area contributed by atoms with E-state index < -0.39 is 12.1 Å². The molecule has 0 fully saturated rings. The Hall–Kier alpha value is -3.40. The minimum atomic E-state index is -0.493. The molecule has 29 heavy (non-hydrogen) atoms. The van der Waals surface area contributed by atoms with Crippen molar-refractivity contribution in [1.29, 1.82) is 0 Å². The number of carbonyl (C=O) groups excluding carboxylic acids is 2. The van der Waals surface area contributed by atoms with Crippen molar-refractivity contribution in [2.45, 2.75) is 32.8 Å². The molecule has 4 nitrogen and oxygen atoms in total. The van der Waals surface area contributed by atoms with Gasteiger partial charge in [0.25, 0.3) is 0 Å². The molecule has 4 heteroatoms. The quantitative estimate of drug-likeness (QED) is 0.556. The maximum Gasteiger partial charge on any atom is 0.307 e. The lowest BCUT2D eigenvalue weighted by atomic mass is 10.0. The molecule has 3 aromatic rings. The van der Waals surface area contributed by atoms with Crippen molar-refractivity contribution in [1.82, 2.24) is 0 Å². The standard InChI is InChI=1S/C25H25NO3/c1-18-13-14-22(19(2)17-18)26-23(27)15-16-24(28)29-25(20-9-5-3-6-10-20)21-11-7-4-8-12-21/h3-14,17,25H,15-16H2,1-2H3,(H,26,27). The molecule has 3 rings (SSSR count). The lowest BCUT2D eigenvalue weighted by Gasteiger charge is -2.19. The molecule has 148 valence electrons. The van der Waals surface area contributed by atoms with E-state index >= 15 is 0 Å². The van der Waals surface area contributed by atoms with Crippen molar-refractivity contribution in [3.8, 4) is 0 Å². The van der Waals surface area contributed by atoms with E-state index in [1.54, 1.807) is 0 Å². The lowest BCUT2D eigenvalue weighted by Crippen LogP contribution is -2.17. The van der Waals surface area contributed by atoms with Gasteiger partial charge in [-0.25, -0.2) is 0 Å². The highest BCUT2D eigenvalue weighted by Crippen LogP contribution is 2.26. The molecular formula is C25H25NO3. The van der Waals surface area contributed by atoms with E-state index in [-0.39, 0.29) is 18.7 Å². The molecule has 1 N–H and O–H groups in total. The van der Waals surface area contributed by atoms with Gasteiger partial charge in [0.05, 0.1) is 6.42 Å². The van der Waals surface area contributed by atoms with Crippen LogP contribution in [0.5, 0.6) is 0 Å². The van der Waals surface area contributed by atoms with Crippen molar-refractivity contribution in [3.05, 3.63) is 101 Å². The first kappa shape index (κ1) is 20.3. The Morgan fingerprint density at radius 3 is 1.97 bits per heavy atom. The summed E-state index contributed by atoms with van der Waals surface area (Å²) < 4.78 is 5.74. The fourth-order valence-corrected chi connectivity index (χ4v) is 3.16. The number of amides is 1. The second-order valence-electron chi connectivity index (χ2n) is 7.06. The van der Waals surface area contributed by atoms with Crippen molar-refractivity contribution in [3.63, 3.8) is 0 Å². The van der Waals surface area contributed by atoms with Crippen molar-refractivity contribution in [2.24, 2.45) is 0 Å². The lowest BCUT2D eigenvalue weighted by molar-refractivity contribution is -0.148. The van der Waals surface area contributed by atoms with Gasteiger partial charge in [0.1, 0.15) is 0 Å². The number of benzene rings is 3. The molecule has 3 aromatic carbocycles. The first-order chi connectivity index (χ1) is 14.0. The molecule has 0 heterocycles. The molecule has 0 saturated carbocycles. The molecule has 0 unspecified atom stereocenters. The van der Waals surface area contributed by atoms with Crippen LogP contribution in [0, 0.1) is 13.8 Å². The van der Waals surface area contributed by atoms with Gasteiger partial charge in [-0.1, -0.05) is 78.4 Å². The fourth-order valence-electron chi connectivity index (χ4n) is 3.16. The Labute approximate surface area is 171 Å². The van der Waals surface area contributed by atoms with E-state index in [0.29, 0.717) is 0 Å². The van der Waals surface area contributed by atoms with Crippen LogP contribution in [0.15, 0.2) is 78.9 Å². The number of anilines is 1. The summed E-state index contributed by atoms with van der Waals surface area (Å²) in [6, 6.07) is 25.0. The van der Waals surface area contributed by atoms with Gasteiger partial charge in [0.2, 0.25) is 5.91 Å². The van der Waals surface area contributed by atoms with Crippen LogP contribution >= 0.6 is 0 Å². The second kappa shape index (κ2) is 9.69. The van der Waals surface area contributed by atoms with Crippen LogP contribution in [0.25, 0.3) is 0 Å². The molecule has 1 amide bonds. The highest BCUT2D eigenvalue weighted by Gasteiger charge is 2.19. The van der Waals surface area contributed by atoms with Gasteiger partial charge in [-0.3, -0.25) is 9.59 Å². The molecule has 0 radical (unpaired) electrons. The Morgan fingerprint density at radius 2 is 1.41 bits per heavy atom. The third-order valence-corrected chi connectivity index (χ3v) is 4.67. The Morgan fingerprint density at radius 1 is 0.828 bits per heavy atom. The molecule has 0 aliphatic heterocycles. The Balaban J connectivity index is 1.61. The van der Waals surface area contributed by atoms with Crippen LogP contribution in [0.2, 0.25) is 0 Å². The van der Waals surface area contributed by atoms with Crippen LogP contribution in [-0.4, -0.2) is 11.9 Å². The van der Waals surface area contributed by atoms with Gasteiger partial charge in [0, 0.05) is 12.1 Å². The summed E-state index contributed by atoms with van der Waals surface area (Å²) in [6.07, 6.45) is -0.401. The van der Waals surface area contributed by atoms with Gasteiger partial charge in [0.15, 0.2) is 6.10 Å². The third-order valence-electron chi connectivity index (χ3n) is 4.67. The molecule has 0 bridgehead atoms. The highest BCUT2D eigenvalue weighted by atomic mass is 16.5.